The van der Waals surface area contributed by atoms with Crippen LogP contribution in [0.4, 0.5) is 5.69 Å². The molecule has 1 heterocycles. The third-order valence-corrected chi connectivity index (χ3v) is 3.67. The van der Waals surface area contributed by atoms with Crippen LogP contribution in [-0.4, -0.2) is 29.0 Å². The van der Waals surface area contributed by atoms with E-state index < -0.39 is 10.8 Å². The Morgan fingerprint density at radius 1 is 1.25 bits per heavy atom. The van der Waals surface area contributed by atoms with Gasteiger partial charge in [-0.3, -0.25) is 19.7 Å². The van der Waals surface area contributed by atoms with Gasteiger partial charge < -0.3 is 19.8 Å². The SMILES string of the molecule is CCOc1ccc(C(=O)NCc2cc(=O)c(OCC(C)C)c[nH]2)cc1[N+](=O)[O-]. The Hall–Kier alpha value is -3.36. The fourth-order valence-corrected chi connectivity index (χ4v) is 2.33. The molecule has 28 heavy (non-hydrogen) atoms. The molecule has 1 aromatic heterocycles. The van der Waals surface area contributed by atoms with Gasteiger partial charge in [0.1, 0.15) is 0 Å². The van der Waals surface area contributed by atoms with Crippen molar-refractivity contribution in [2.75, 3.05) is 13.2 Å². The third kappa shape index (κ3) is 5.57. The molecule has 2 N–H and O–H groups in total. The first-order valence-corrected chi connectivity index (χ1v) is 8.85. The van der Waals surface area contributed by atoms with Crippen LogP contribution in [0.25, 0.3) is 0 Å². The van der Waals surface area contributed by atoms with Gasteiger partial charge in [-0.25, -0.2) is 0 Å². The Bertz CT molecular complexity index is 907. The first-order valence-electron chi connectivity index (χ1n) is 8.85. The number of aromatic amines is 1. The normalized spacial score (nSPS) is 10.6. The number of pyridine rings is 1. The molecule has 1 aromatic carbocycles. The summed E-state index contributed by atoms with van der Waals surface area (Å²) in [5.41, 5.74) is 0.0278. The highest BCUT2D eigenvalue weighted by Crippen LogP contribution is 2.27. The number of amides is 1. The first kappa shape index (κ1) is 20.9. The van der Waals surface area contributed by atoms with E-state index in [0.717, 1.165) is 6.07 Å². The Balaban J connectivity index is 2.06. The number of benzene rings is 1. The Labute approximate surface area is 161 Å². The number of nitrogens with zero attached hydrogens (tertiary/aromatic N) is 1. The highest BCUT2D eigenvalue weighted by molar-refractivity contribution is 5.95. The molecule has 0 spiro atoms. The molecule has 2 rings (SSSR count). The predicted octanol–water partition coefficient (Wildman–Crippen LogP) is 2.65. The number of carbonyl (C=O) groups is 1. The second-order valence-electron chi connectivity index (χ2n) is 6.45. The van der Waals surface area contributed by atoms with Crippen molar-refractivity contribution in [1.29, 1.82) is 0 Å². The molecular weight excluding hydrogens is 366 g/mol. The van der Waals surface area contributed by atoms with E-state index in [2.05, 4.69) is 10.3 Å². The highest BCUT2D eigenvalue weighted by Gasteiger charge is 2.18. The van der Waals surface area contributed by atoms with Gasteiger partial charge in [0.05, 0.1) is 24.7 Å². The Morgan fingerprint density at radius 3 is 2.61 bits per heavy atom. The number of ether oxygens (including phenoxy) is 2. The molecule has 0 aliphatic heterocycles. The first-order chi connectivity index (χ1) is 13.3. The van der Waals surface area contributed by atoms with Crippen molar-refractivity contribution < 1.29 is 19.2 Å². The molecular formula is C19H23N3O6. The van der Waals surface area contributed by atoms with E-state index in [-0.39, 0.29) is 47.2 Å². The molecule has 0 aliphatic rings. The molecule has 1 amide bonds. The van der Waals surface area contributed by atoms with Crippen molar-refractivity contribution in [1.82, 2.24) is 10.3 Å². The molecule has 0 atom stereocenters. The van der Waals surface area contributed by atoms with Gasteiger partial charge >= 0.3 is 5.69 Å². The van der Waals surface area contributed by atoms with E-state index in [9.17, 15) is 19.7 Å². The van der Waals surface area contributed by atoms with E-state index in [4.69, 9.17) is 9.47 Å². The average molecular weight is 389 g/mol. The highest BCUT2D eigenvalue weighted by atomic mass is 16.6. The summed E-state index contributed by atoms with van der Waals surface area (Å²) in [5.74, 6) is 0.0972. The number of aromatic nitrogens is 1. The zero-order valence-electron chi connectivity index (χ0n) is 16.0. The van der Waals surface area contributed by atoms with Crippen molar-refractivity contribution in [2.24, 2.45) is 5.92 Å². The van der Waals surface area contributed by atoms with E-state index in [1.807, 2.05) is 13.8 Å². The molecule has 0 aliphatic carbocycles. The Morgan fingerprint density at radius 2 is 2.00 bits per heavy atom. The lowest BCUT2D eigenvalue weighted by atomic mass is 10.1. The van der Waals surface area contributed by atoms with Crippen LogP contribution < -0.4 is 20.2 Å². The maximum absolute atomic E-state index is 12.3. The monoisotopic (exact) mass is 389 g/mol. The van der Waals surface area contributed by atoms with Crippen molar-refractivity contribution in [3.8, 4) is 11.5 Å². The number of hydrogen-bond acceptors (Lipinski definition) is 6. The van der Waals surface area contributed by atoms with Crippen molar-refractivity contribution in [2.45, 2.75) is 27.3 Å². The van der Waals surface area contributed by atoms with Crippen LogP contribution in [0.2, 0.25) is 0 Å². The van der Waals surface area contributed by atoms with E-state index >= 15 is 0 Å². The van der Waals surface area contributed by atoms with Crippen LogP contribution in [0.15, 0.2) is 35.3 Å². The van der Waals surface area contributed by atoms with Gasteiger partial charge in [0, 0.05) is 29.6 Å². The molecule has 9 nitrogen and oxygen atoms in total. The van der Waals surface area contributed by atoms with Gasteiger partial charge in [0.25, 0.3) is 5.91 Å². The molecule has 0 saturated carbocycles. The minimum atomic E-state index is -0.602. The van der Waals surface area contributed by atoms with Gasteiger partial charge in [0.15, 0.2) is 11.5 Å². The van der Waals surface area contributed by atoms with E-state index in [0.29, 0.717) is 12.3 Å². The van der Waals surface area contributed by atoms with E-state index in [1.54, 1.807) is 6.92 Å². The number of nitro groups is 1. The van der Waals surface area contributed by atoms with Crippen LogP contribution in [0.1, 0.15) is 36.8 Å². The van der Waals surface area contributed by atoms with Crippen LogP contribution in [-0.2, 0) is 6.54 Å². The third-order valence-electron chi connectivity index (χ3n) is 3.67. The Kier molecular flexibility index (Phi) is 7.14. The number of H-pyrrole nitrogens is 1. The summed E-state index contributed by atoms with van der Waals surface area (Å²) in [4.78, 5) is 37.8. The second-order valence-corrected chi connectivity index (χ2v) is 6.45. The lowest BCUT2D eigenvalue weighted by molar-refractivity contribution is -0.385. The molecule has 0 radical (unpaired) electrons. The molecule has 150 valence electrons. The molecule has 0 fully saturated rings. The minimum absolute atomic E-state index is 0.0551. The number of nitrogens with one attached hydrogen (secondary N) is 2. The topological polar surface area (TPSA) is 124 Å². The molecule has 9 heteroatoms. The summed E-state index contributed by atoms with van der Waals surface area (Å²) in [7, 11) is 0. The van der Waals surface area contributed by atoms with E-state index in [1.165, 1.54) is 24.4 Å². The van der Waals surface area contributed by atoms with Gasteiger partial charge in [-0.1, -0.05) is 13.8 Å². The number of carbonyl (C=O) groups excluding carboxylic acids is 1. The average Bonchev–Trinajstić information content (AvgIpc) is 2.65. The fourth-order valence-electron chi connectivity index (χ4n) is 2.33. The summed E-state index contributed by atoms with van der Waals surface area (Å²) in [5, 5.41) is 13.8. The largest absolute Gasteiger partial charge is 0.488 e. The lowest BCUT2D eigenvalue weighted by Gasteiger charge is -2.10. The van der Waals surface area contributed by atoms with Gasteiger partial charge in [-0.05, 0) is 25.0 Å². The maximum atomic E-state index is 12.3. The van der Waals surface area contributed by atoms with Crippen LogP contribution in [0, 0.1) is 16.0 Å². The smallest absolute Gasteiger partial charge is 0.311 e. The quantitative estimate of drug-likeness (QED) is 0.502. The fraction of sp³-hybridized carbons (Fsp3) is 0.368. The minimum Gasteiger partial charge on any atom is -0.488 e. The summed E-state index contributed by atoms with van der Waals surface area (Å²) < 4.78 is 10.6. The van der Waals surface area contributed by atoms with Crippen LogP contribution in [0.5, 0.6) is 11.5 Å². The molecule has 0 unspecified atom stereocenters. The zero-order valence-corrected chi connectivity index (χ0v) is 16.0. The number of rotatable bonds is 9. The zero-order chi connectivity index (χ0) is 20.7. The number of hydrogen-bond donors (Lipinski definition) is 2. The summed E-state index contributed by atoms with van der Waals surface area (Å²) in [6.45, 7) is 6.42. The lowest BCUT2D eigenvalue weighted by Crippen LogP contribution is -2.24. The predicted molar refractivity (Wildman–Crippen MR) is 103 cm³/mol. The number of nitro benzene ring substituents is 1. The maximum Gasteiger partial charge on any atom is 0.311 e. The van der Waals surface area contributed by atoms with Crippen LogP contribution in [0.3, 0.4) is 0 Å². The standard InChI is InChI=1S/C19H23N3O6/c1-4-27-17-6-5-13(7-15(17)22(25)26)19(24)21-9-14-8-16(23)18(10-20-14)28-11-12(2)3/h5-8,10,12H,4,9,11H2,1-3H3,(H,20,23)(H,21,24). The molecule has 2 aromatic rings. The van der Waals surface area contributed by atoms with Gasteiger partial charge in [-0.15, -0.1) is 0 Å². The second kappa shape index (κ2) is 9.54. The molecule has 0 bridgehead atoms. The summed E-state index contributed by atoms with van der Waals surface area (Å²) in [6, 6.07) is 5.33. The van der Waals surface area contributed by atoms with Gasteiger partial charge in [-0.2, -0.15) is 0 Å². The summed E-state index contributed by atoms with van der Waals surface area (Å²) in [6.07, 6.45) is 1.45. The molecule has 0 saturated heterocycles. The van der Waals surface area contributed by atoms with Crippen LogP contribution >= 0.6 is 0 Å². The summed E-state index contributed by atoms with van der Waals surface area (Å²) >= 11 is 0. The van der Waals surface area contributed by atoms with Crippen molar-refractivity contribution in [3.63, 3.8) is 0 Å². The van der Waals surface area contributed by atoms with Crippen molar-refractivity contribution >= 4 is 11.6 Å². The van der Waals surface area contributed by atoms with Crippen molar-refractivity contribution in [3.05, 3.63) is 62.1 Å². The van der Waals surface area contributed by atoms with Gasteiger partial charge in [0.2, 0.25) is 5.43 Å².